The topological polar surface area (TPSA) is 57.3 Å². The molecule has 1 atom stereocenters. The van der Waals surface area contributed by atoms with E-state index in [0.29, 0.717) is 5.25 Å². The molecule has 24 heavy (non-hydrogen) atoms. The van der Waals surface area contributed by atoms with Gasteiger partial charge in [0.25, 0.3) is 0 Å². The number of nitrogens with zero attached hydrogens (tertiary/aromatic N) is 5. The average Bonchev–Trinajstić information content (AvgIpc) is 3.29. The van der Waals surface area contributed by atoms with Crippen LogP contribution >= 0.6 is 11.8 Å². The molecule has 8 heteroatoms. The molecule has 0 spiro atoms. The molecule has 0 N–H and O–H groups in total. The molecule has 0 aromatic carbocycles. The minimum atomic E-state index is 0.602. The first-order valence-corrected chi connectivity index (χ1v) is 9.62. The molecule has 0 saturated carbocycles. The number of rotatable bonds is 4. The van der Waals surface area contributed by atoms with Crippen LogP contribution in [0, 0.1) is 0 Å². The summed E-state index contributed by atoms with van der Waals surface area (Å²) in [6.07, 6.45) is 1.65. The molecule has 1 aromatic heterocycles. The Morgan fingerprint density at radius 3 is 2.62 bits per heavy atom. The molecule has 3 aliphatic rings. The lowest BCUT2D eigenvalue weighted by molar-refractivity contribution is 0.0693. The second kappa shape index (κ2) is 7.86. The molecule has 0 bridgehead atoms. The molecule has 3 aliphatic heterocycles. The predicted octanol–water partition coefficient (Wildman–Crippen LogP) is 0.596. The van der Waals surface area contributed by atoms with Gasteiger partial charge >= 0.3 is 0 Å². The quantitative estimate of drug-likeness (QED) is 0.787. The normalized spacial score (nSPS) is 26.8. The maximum absolute atomic E-state index is 5.43. The summed E-state index contributed by atoms with van der Waals surface area (Å²) in [6, 6.07) is 1.95. The van der Waals surface area contributed by atoms with E-state index < -0.39 is 0 Å². The summed E-state index contributed by atoms with van der Waals surface area (Å²) in [5.74, 6) is 0. The second-order valence-corrected chi connectivity index (χ2v) is 7.80. The summed E-state index contributed by atoms with van der Waals surface area (Å²) in [7, 11) is 0. The lowest BCUT2D eigenvalue weighted by atomic mass is 10.2. The lowest BCUT2D eigenvalue weighted by Gasteiger charge is -2.35. The first kappa shape index (κ1) is 16.4. The van der Waals surface area contributed by atoms with Crippen LogP contribution < -0.4 is 0 Å². The van der Waals surface area contributed by atoms with Crippen molar-refractivity contribution in [1.29, 1.82) is 0 Å². The third-order valence-corrected chi connectivity index (χ3v) is 6.02. The highest BCUT2D eigenvalue weighted by Gasteiger charge is 2.28. The molecule has 132 valence electrons. The van der Waals surface area contributed by atoms with E-state index in [-0.39, 0.29) is 0 Å². The predicted molar refractivity (Wildman–Crippen MR) is 94.3 cm³/mol. The summed E-state index contributed by atoms with van der Waals surface area (Å²) >= 11 is 1.96. The van der Waals surface area contributed by atoms with Crippen LogP contribution in [0.2, 0.25) is 0 Å². The Morgan fingerprint density at radius 1 is 1.08 bits per heavy atom. The van der Waals surface area contributed by atoms with Crippen LogP contribution in [0.25, 0.3) is 0 Å². The van der Waals surface area contributed by atoms with Gasteiger partial charge in [0.2, 0.25) is 0 Å². The minimum Gasteiger partial charge on any atom is -0.378 e. The van der Waals surface area contributed by atoms with Crippen LogP contribution in [0.3, 0.4) is 0 Å². The second-order valence-electron chi connectivity index (χ2n) is 6.53. The van der Waals surface area contributed by atoms with E-state index >= 15 is 0 Å². The van der Waals surface area contributed by atoms with Crippen molar-refractivity contribution in [2.24, 2.45) is 4.99 Å². The standard InChI is InChI=1S/C16H25N5O2S/c1-8-23-18-14(1)12-19-2-4-20(5-3-19)13-15-11-17-16(24-15)21-6-9-22-10-7-21/h1,8,15H,2-7,9-13H2/t15-/m1/s1. The Balaban J connectivity index is 1.18. The van der Waals surface area contributed by atoms with Gasteiger partial charge in [0, 0.05) is 63.7 Å². The van der Waals surface area contributed by atoms with Gasteiger partial charge in [-0.15, -0.1) is 0 Å². The molecule has 1 aromatic rings. The summed E-state index contributed by atoms with van der Waals surface area (Å²) in [5, 5.41) is 5.83. The van der Waals surface area contributed by atoms with Crippen molar-refractivity contribution in [2.45, 2.75) is 11.8 Å². The van der Waals surface area contributed by atoms with E-state index in [1.165, 1.54) is 5.17 Å². The fourth-order valence-electron chi connectivity index (χ4n) is 3.39. The van der Waals surface area contributed by atoms with Gasteiger partial charge in [-0.2, -0.15) is 0 Å². The van der Waals surface area contributed by atoms with Crippen LogP contribution in [0.4, 0.5) is 0 Å². The van der Waals surface area contributed by atoms with Crippen molar-refractivity contribution < 1.29 is 9.26 Å². The zero-order chi connectivity index (χ0) is 16.2. The first-order valence-electron chi connectivity index (χ1n) is 8.74. The maximum Gasteiger partial charge on any atom is 0.159 e. The van der Waals surface area contributed by atoms with Crippen LogP contribution in [0.15, 0.2) is 21.8 Å². The third-order valence-electron chi connectivity index (χ3n) is 4.79. The number of ether oxygens (including phenoxy) is 1. The van der Waals surface area contributed by atoms with Crippen LogP contribution in [-0.2, 0) is 11.3 Å². The molecule has 0 radical (unpaired) electrons. The Labute approximate surface area is 147 Å². The molecule has 0 amide bonds. The average molecular weight is 351 g/mol. The van der Waals surface area contributed by atoms with E-state index in [9.17, 15) is 0 Å². The van der Waals surface area contributed by atoms with Gasteiger partial charge in [0.1, 0.15) is 6.26 Å². The van der Waals surface area contributed by atoms with Gasteiger partial charge in [-0.25, -0.2) is 0 Å². The first-order chi connectivity index (χ1) is 11.9. The van der Waals surface area contributed by atoms with Crippen molar-refractivity contribution in [3.63, 3.8) is 0 Å². The molecule has 4 heterocycles. The van der Waals surface area contributed by atoms with Crippen molar-refractivity contribution in [3.8, 4) is 0 Å². The highest BCUT2D eigenvalue weighted by molar-refractivity contribution is 8.14. The zero-order valence-electron chi connectivity index (χ0n) is 14.0. The molecule has 2 saturated heterocycles. The summed E-state index contributed by atoms with van der Waals surface area (Å²) in [4.78, 5) is 12.2. The van der Waals surface area contributed by atoms with Gasteiger partial charge in [-0.3, -0.25) is 14.8 Å². The number of piperazine rings is 1. The third kappa shape index (κ3) is 4.11. The number of thioether (sulfide) groups is 1. The Hall–Kier alpha value is -1.09. The van der Waals surface area contributed by atoms with Crippen molar-refractivity contribution in [3.05, 3.63) is 18.0 Å². The van der Waals surface area contributed by atoms with Crippen LogP contribution in [-0.4, -0.2) is 95.8 Å². The molecular weight excluding hydrogens is 326 g/mol. The fraction of sp³-hybridized carbons (Fsp3) is 0.750. The lowest BCUT2D eigenvalue weighted by Crippen LogP contribution is -2.48. The minimum absolute atomic E-state index is 0.602. The Kier molecular flexibility index (Phi) is 5.37. The van der Waals surface area contributed by atoms with Crippen molar-refractivity contribution in [2.75, 3.05) is 65.6 Å². The van der Waals surface area contributed by atoms with E-state index in [1.807, 2.05) is 17.8 Å². The molecule has 4 rings (SSSR count). The van der Waals surface area contributed by atoms with Gasteiger partial charge in [0.05, 0.1) is 25.5 Å². The highest BCUT2D eigenvalue weighted by Crippen LogP contribution is 2.25. The van der Waals surface area contributed by atoms with E-state index in [1.54, 1.807) is 6.26 Å². The maximum atomic E-state index is 5.43. The van der Waals surface area contributed by atoms with Crippen molar-refractivity contribution >= 4 is 16.9 Å². The van der Waals surface area contributed by atoms with Gasteiger partial charge in [0.15, 0.2) is 5.17 Å². The van der Waals surface area contributed by atoms with Gasteiger partial charge in [-0.05, 0) is 0 Å². The molecule has 0 unspecified atom stereocenters. The summed E-state index contributed by atoms with van der Waals surface area (Å²) in [5.41, 5.74) is 1.03. The molecule has 7 nitrogen and oxygen atoms in total. The zero-order valence-corrected chi connectivity index (χ0v) is 14.8. The molecular formula is C16H25N5O2S. The monoisotopic (exact) mass is 351 g/mol. The Bertz CT molecular complexity index is 539. The van der Waals surface area contributed by atoms with Crippen LogP contribution in [0.5, 0.6) is 0 Å². The summed E-state index contributed by atoms with van der Waals surface area (Å²) in [6.45, 7) is 11.1. The number of hydrogen-bond donors (Lipinski definition) is 0. The molecule has 0 aliphatic carbocycles. The number of morpholine rings is 1. The van der Waals surface area contributed by atoms with Gasteiger partial charge < -0.3 is 14.2 Å². The number of aromatic nitrogens is 1. The van der Waals surface area contributed by atoms with Crippen LogP contribution in [0.1, 0.15) is 5.69 Å². The van der Waals surface area contributed by atoms with Gasteiger partial charge in [-0.1, -0.05) is 16.9 Å². The SMILES string of the molecule is c1cc(CN2CCN(C[C@H]3CN=C(N4CCOCC4)S3)CC2)no1. The van der Waals surface area contributed by atoms with E-state index in [0.717, 1.165) is 77.8 Å². The number of amidine groups is 1. The number of hydrogen-bond acceptors (Lipinski definition) is 8. The highest BCUT2D eigenvalue weighted by atomic mass is 32.2. The summed E-state index contributed by atoms with van der Waals surface area (Å²) < 4.78 is 10.3. The largest absolute Gasteiger partial charge is 0.378 e. The molecule has 2 fully saturated rings. The van der Waals surface area contributed by atoms with E-state index in [4.69, 9.17) is 14.3 Å². The Morgan fingerprint density at radius 2 is 1.88 bits per heavy atom. The van der Waals surface area contributed by atoms with E-state index in [2.05, 4.69) is 19.9 Å². The van der Waals surface area contributed by atoms with Crippen molar-refractivity contribution in [1.82, 2.24) is 19.9 Å². The smallest absolute Gasteiger partial charge is 0.159 e. The fourth-order valence-corrected chi connectivity index (χ4v) is 4.61. The number of aliphatic imine (C=N–C) groups is 1.